The van der Waals surface area contributed by atoms with E-state index >= 15 is 0 Å². The first-order chi connectivity index (χ1) is 7.86. The van der Waals surface area contributed by atoms with Crippen molar-refractivity contribution in [3.8, 4) is 0 Å². The molecule has 1 aromatic rings. The average Bonchev–Trinajstić information content (AvgIpc) is 2.23. The van der Waals surface area contributed by atoms with E-state index in [0.717, 1.165) is 4.47 Å². The van der Waals surface area contributed by atoms with Gasteiger partial charge in [-0.1, -0.05) is 22.9 Å². The lowest BCUT2D eigenvalue weighted by molar-refractivity contribution is -0.123. The van der Waals surface area contributed by atoms with Gasteiger partial charge < -0.3 is 5.32 Å². The SMILES string of the molecule is CCNC(C)(C)C(=O)Cc1cc(Br)ccc1F. The van der Waals surface area contributed by atoms with Crippen molar-refractivity contribution in [1.82, 2.24) is 5.32 Å². The molecule has 0 spiro atoms. The second-order valence-corrected chi connectivity index (χ2v) is 5.41. The summed E-state index contributed by atoms with van der Waals surface area (Å²) in [5.74, 6) is -0.356. The molecule has 17 heavy (non-hydrogen) atoms. The molecule has 0 bridgehead atoms. The van der Waals surface area contributed by atoms with Gasteiger partial charge in [0.1, 0.15) is 5.82 Å². The van der Waals surface area contributed by atoms with Crippen LogP contribution in [0, 0.1) is 5.82 Å². The number of rotatable bonds is 5. The molecule has 1 N–H and O–H groups in total. The third-order valence-electron chi connectivity index (χ3n) is 2.67. The fourth-order valence-electron chi connectivity index (χ4n) is 1.61. The topological polar surface area (TPSA) is 29.1 Å². The number of carbonyl (C=O) groups excluding carboxylic acids is 1. The summed E-state index contributed by atoms with van der Waals surface area (Å²) in [5, 5.41) is 3.09. The molecule has 0 fully saturated rings. The van der Waals surface area contributed by atoms with Crippen molar-refractivity contribution in [1.29, 1.82) is 0 Å². The van der Waals surface area contributed by atoms with Crippen LogP contribution >= 0.6 is 15.9 Å². The molecule has 0 amide bonds. The van der Waals surface area contributed by atoms with Crippen molar-refractivity contribution < 1.29 is 9.18 Å². The zero-order chi connectivity index (χ0) is 13.1. The summed E-state index contributed by atoms with van der Waals surface area (Å²) in [7, 11) is 0. The summed E-state index contributed by atoms with van der Waals surface area (Å²) in [5.41, 5.74) is -0.195. The number of hydrogen-bond acceptors (Lipinski definition) is 2. The molecule has 0 aromatic heterocycles. The van der Waals surface area contributed by atoms with Crippen molar-refractivity contribution in [2.45, 2.75) is 32.7 Å². The summed E-state index contributed by atoms with van der Waals surface area (Å²) < 4.78 is 14.3. The fraction of sp³-hybridized carbons (Fsp3) is 0.462. The Hall–Kier alpha value is -0.740. The van der Waals surface area contributed by atoms with Crippen LogP contribution in [0.25, 0.3) is 0 Å². The number of Topliss-reactive ketones (excluding diaryl/α,β-unsaturated/α-hetero) is 1. The van der Waals surface area contributed by atoms with Crippen LogP contribution in [-0.2, 0) is 11.2 Å². The highest BCUT2D eigenvalue weighted by molar-refractivity contribution is 9.10. The molecule has 0 radical (unpaired) electrons. The second-order valence-electron chi connectivity index (χ2n) is 4.49. The summed E-state index contributed by atoms with van der Waals surface area (Å²) in [6.45, 7) is 6.28. The quantitative estimate of drug-likeness (QED) is 0.905. The Bertz CT molecular complexity index is 418. The summed E-state index contributed by atoms with van der Waals surface area (Å²) >= 11 is 3.27. The number of ketones is 1. The largest absolute Gasteiger partial charge is 0.306 e. The van der Waals surface area contributed by atoms with Crippen LogP contribution in [0.4, 0.5) is 4.39 Å². The Morgan fingerprint density at radius 1 is 1.47 bits per heavy atom. The van der Waals surface area contributed by atoms with Gasteiger partial charge in [-0.15, -0.1) is 0 Å². The van der Waals surface area contributed by atoms with Crippen LogP contribution < -0.4 is 5.32 Å². The molecule has 2 nitrogen and oxygen atoms in total. The third kappa shape index (κ3) is 3.89. The molecule has 1 rings (SSSR count). The van der Waals surface area contributed by atoms with Crippen LogP contribution in [0.1, 0.15) is 26.3 Å². The lowest BCUT2D eigenvalue weighted by Gasteiger charge is -2.24. The zero-order valence-corrected chi connectivity index (χ0v) is 11.9. The van der Waals surface area contributed by atoms with Gasteiger partial charge in [-0.3, -0.25) is 4.79 Å². The number of nitrogens with one attached hydrogen (secondary N) is 1. The first kappa shape index (κ1) is 14.3. The zero-order valence-electron chi connectivity index (χ0n) is 10.3. The average molecular weight is 302 g/mol. The summed E-state index contributed by atoms with van der Waals surface area (Å²) in [6, 6.07) is 4.64. The van der Waals surface area contributed by atoms with Gasteiger partial charge in [-0.2, -0.15) is 0 Å². The Morgan fingerprint density at radius 3 is 2.71 bits per heavy atom. The maximum Gasteiger partial charge on any atom is 0.156 e. The van der Waals surface area contributed by atoms with Gasteiger partial charge in [0.15, 0.2) is 5.78 Å². The highest BCUT2D eigenvalue weighted by Gasteiger charge is 2.26. The normalized spacial score (nSPS) is 11.6. The highest BCUT2D eigenvalue weighted by Crippen LogP contribution is 2.18. The van der Waals surface area contributed by atoms with Gasteiger partial charge in [0.05, 0.1) is 5.54 Å². The third-order valence-corrected chi connectivity index (χ3v) is 3.17. The number of carbonyl (C=O) groups is 1. The first-order valence-corrected chi connectivity index (χ1v) is 6.38. The first-order valence-electron chi connectivity index (χ1n) is 5.59. The summed E-state index contributed by atoms with van der Waals surface area (Å²) in [4.78, 5) is 12.0. The molecule has 0 aliphatic carbocycles. The predicted octanol–water partition coefficient (Wildman–Crippen LogP) is 3.09. The van der Waals surface area contributed by atoms with E-state index < -0.39 is 5.54 Å². The van der Waals surface area contributed by atoms with E-state index in [9.17, 15) is 9.18 Å². The van der Waals surface area contributed by atoms with Crippen molar-refractivity contribution in [2.24, 2.45) is 0 Å². The molecule has 1 aromatic carbocycles. The Balaban J connectivity index is 2.84. The van der Waals surface area contributed by atoms with Crippen molar-refractivity contribution in [2.75, 3.05) is 6.54 Å². The van der Waals surface area contributed by atoms with Gasteiger partial charge in [-0.05, 0) is 44.2 Å². The molecule has 0 aliphatic heterocycles. The number of hydrogen-bond donors (Lipinski definition) is 1. The minimum atomic E-state index is -0.622. The second kappa shape index (κ2) is 5.74. The molecular formula is C13H17BrFNO. The molecule has 0 unspecified atom stereocenters. The Morgan fingerprint density at radius 2 is 2.12 bits per heavy atom. The molecule has 4 heteroatoms. The van der Waals surface area contributed by atoms with Gasteiger partial charge >= 0.3 is 0 Å². The van der Waals surface area contributed by atoms with Gasteiger partial charge in [0.2, 0.25) is 0 Å². The highest BCUT2D eigenvalue weighted by atomic mass is 79.9. The van der Waals surface area contributed by atoms with E-state index in [1.807, 2.05) is 20.8 Å². The van der Waals surface area contributed by atoms with Crippen LogP contribution in [0.2, 0.25) is 0 Å². The smallest absolute Gasteiger partial charge is 0.156 e. The molecule has 0 saturated heterocycles. The maximum atomic E-state index is 13.5. The lowest BCUT2D eigenvalue weighted by Crippen LogP contribution is -2.47. The van der Waals surface area contributed by atoms with Gasteiger partial charge in [0.25, 0.3) is 0 Å². The van der Waals surface area contributed by atoms with Crippen molar-refractivity contribution in [3.63, 3.8) is 0 Å². The predicted molar refractivity (Wildman–Crippen MR) is 70.6 cm³/mol. The van der Waals surface area contributed by atoms with E-state index in [0.29, 0.717) is 12.1 Å². The summed E-state index contributed by atoms with van der Waals surface area (Å²) in [6.07, 6.45) is 0.102. The van der Waals surface area contributed by atoms with Crippen molar-refractivity contribution in [3.05, 3.63) is 34.1 Å². The monoisotopic (exact) mass is 301 g/mol. The van der Waals surface area contributed by atoms with E-state index in [2.05, 4.69) is 21.2 Å². The fourth-order valence-corrected chi connectivity index (χ4v) is 2.02. The number of benzene rings is 1. The van der Waals surface area contributed by atoms with Gasteiger partial charge in [-0.25, -0.2) is 4.39 Å². The molecule has 0 heterocycles. The maximum absolute atomic E-state index is 13.5. The molecule has 0 atom stereocenters. The molecule has 0 saturated carbocycles. The number of halogens is 2. The van der Waals surface area contributed by atoms with E-state index in [1.54, 1.807) is 12.1 Å². The molecular weight excluding hydrogens is 285 g/mol. The molecule has 0 aliphatic rings. The van der Waals surface area contributed by atoms with Gasteiger partial charge in [0, 0.05) is 10.9 Å². The lowest BCUT2D eigenvalue weighted by atomic mass is 9.93. The molecule has 94 valence electrons. The van der Waals surface area contributed by atoms with Crippen molar-refractivity contribution >= 4 is 21.7 Å². The van der Waals surface area contributed by atoms with Crippen LogP contribution in [-0.4, -0.2) is 17.9 Å². The Kier molecular flexibility index (Phi) is 4.83. The van der Waals surface area contributed by atoms with E-state index in [-0.39, 0.29) is 18.0 Å². The standard InChI is InChI=1S/C13H17BrFNO/c1-4-16-13(2,3)12(17)8-9-7-10(14)5-6-11(9)15/h5-7,16H,4,8H2,1-3H3. The van der Waals surface area contributed by atoms with E-state index in [4.69, 9.17) is 0 Å². The minimum absolute atomic E-state index is 0.0173. The van der Waals surface area contributed by atoms with Crippen LogP contribution in [0.5, 0.6) is 0 Å². The number of likely N-dealkylation sites (N-methyl/N-ethyl adjacent to an activating group) is 1. The van der Waals surface area contributed by atoms with Crippen LogP contribution in [0.3, 0.4) is 0 Å². The van der Waals surface area contributed by atoms with E-state index in [1.165, 1.54) is 6.07 Å². The Labute approximate surface area is 110 Å². The minimum Gasteiger partial charge on any atom is -0.306 e. The van der Waals surface area contributed by atoms with Crippen LogP contribution in [0.15, 0.2) is 22.7 Å².